The number of benzene rings is 1. The molecule has 94 valence electrons. The SMILES string of the molecule is Cc1cc(Br)ccc1NCc1ccc([N+](=O)[O-])s1. The van der Waals surface area contributed by atoms with E-state index in [4.69, 9.17) is 0 Å². The molecule has 0 aliphatic heterocycles. The van der Waals surface area contributed by atoms with Gasteiger partial charge in [0.1, 0.15) is 0 Å². The summed E-state index contributed by atoms with van der Waals surface area (Å²) in [6.07, 6.45) is 0. The highest BCUT2D eigenvalue weighted by atomic mass is 79.9. The van der Waals surface area contributed by atoms with Crippen molar-refractivity contribution in [1.29, 1.82) is 0 Å². The maximum atomic E-state index is 10.6. The first-order valence-electron chi connectivity index (χ1n) is 5.29. The third-order valence-electron chi connectivity index (χ3n) is 2.47. The van der Waals surface area contributed by atoms with E-state index >= 15 is 0 Å². The molecule has 0 aliphatic rings. The van der Waals surface area contributed by atoms with Gasteiger partial charge in [-0.05, 0) is 36.8 Å². The second-order valence-electron chi connectivity index (χ2n) is 3.81. The lowest BCUT2D eigenvalue weighted by Crippen LogP contribution is -1.99. The van der Waals surface area contributed by atoms with Gasteiger partial charge in [-0.3, -0.25) is 10.1 Å². The Kier molecular flexibility index (Phi) is 3.98. The molecular weight excluding hydrogens is 316 g/mol. The monoisotopic (exact) mass is 326 g/mol. The number of aryl methyl sites for hydroxylation is 1. The minimum absolute atomic E-state index is 0.180. The van der Waals surface area contributed by atoms with Crippen LogP contribution in [-0.4, -0.2) is 4.92 Å². The summed E-state index contributed by atoms with van der Waals surface area (Å²) in [5.41, 5.74) is 2.17. The van der Waals surface area contributed by atoms with Crippen LogP contribution in [0.1, 0.15) is 10.4 Å². The van der Waals surface area contributed by atoms with Crippen molar-refractivity contribution in [2.75, 3.05) is 5.32 Å². The zero-order chi connectivity index (χ0) is 13.1. The lowest BCUT2D eigenvalue weighted by atomic mass is 10.2. The predicted octanol–water partition coefficient (Wildman–Crippen LogP) is 4.34. The minimum Gasteiger partial charge on any atom is -0.380 e. The molecule has 0 bridgehead atoms. The summed E-state index contributed by atoms with van der Waals surface area (Å²) in [5, 5.41) is 14.0. The smallest absolute Gasteiger partial charge is 0.324 e. The number of hydrogen-bond donors (Lipinski definition) is 1. The summed E-state index contributed by atoms with van der Waals surface area (Å²) >= 11 is 4.61. The van der Waals surface area contributed by atoms with Gasteiger partial charge < -0.3 is 5.32 Å². The van der Waals surface area contributed by atoms with Crippen molar-refractivity contribution >= 4 is 38.0 Å². The first kappa shape index (κ1) is 13.0. The second-order valence-corrected chi connectivity index (χ2v) is 5.87. The van der Waals surface area contributed by atoms with Crippen LogP contribution in [0.3, 0.4) is 0 Å². The molecule has 0 atom stereocenters. The van der Waals surface area contributed by atoms with Crippen LogP contribution in [0.5, 0.6) is 0 Å². The number of hydrogen-bond acceptors (Lipinski definition) is 4. The molecule has 0 saturated carbocycles. The van der Waals surface area contributed by atoms with Crippen molar-refractivity contribution in [2.45, 2.75) is 13.5 Å². The standard InChI is InChI=1S/C12H11BrN2O2S/c1-8-6-9(13)2-4-11(8)14-7-10-3-5-12(18-10)15(16)17/h2-6,14H,7H2,1H3. The Bertz CT molecular complexity index is 583. The molecule has 0 fully saturated rings. The number of nitro groups is 1. The van der Waals surface area contributed by atoms with Gasteiger partial charge in [-0.1, -0.05) is 27.3 Å². The molecule has 0 aliphatic carbocycles. The molecule has 1 aromatic heterocycles. The van der Waals surface area contributed by atoms with E-state index in [1.54, 1.807) is 6.07 Å². The summed E-state index contributed by atoms with van der Waals surface area (Å²) in [6.45, 7) is 2.62. The largest absolute Gasteiger partial charge is 0.380 e. The minimum atomic E-state index is -0.362. The Morgan fingerprint density at radius 3 is 2.78 bits per heavy atom. The number of halogens is 1. The average Bonchev–Trinajstić information content (AvgIpc) is 2.76. The van der Waals surface area contributed by atoms with Crippen LogP contribution in [0.15, 0.2) is 34.8 Å². The van der Waals surface area contributed by atoms with Crippen LogP contribution in [0.2, 0.25) is 0 Å². The molecule has 0 amide bonds. The first-order valence-corrected chi connectivity index (χ1v) is 6.90. The van der Waals surface area contributed by atoms with Gasteiger partial charge in [0.25, 0.3) is 0 Å². The molecule has 4 nitrogen and oxygen atoms in total. The third kappa shape index (κ3) is 3.08. The summed E-state index contributed by atoms with van der Waals surface area (Å²) in [6, 6.07) is 9.30. The van der Waals surface area contributed by atoms with Crippen molar-refractivity contribution in [3.63, 3.8) is 0 Å². The fraction of sp³-hybridized carbons (Fsp3) is 0.167. The number of nitrogens with one attached hydrogen (secondary N) is 1. The van der Waals surface area contributed by atoms with Crippen LogP contribution < -0.4 is 5.32 Å². The zero-order valence-corrected chi connectivity index (χ0v) is 12.0. The molecule has 0 spiro atoms. The highest BCUT2D eigenvalue weighted by molar-refractivity contribution is 9.10. The fourth-order valence-electron chi connectivity index (χ4n) is 1.57. The first-order chi connectivity index (χ1) is 8.56. The Morgan fingerprint density at radius 2 is 2.17 bits per heavy atom. The quantitative estimate of drug-likeness (QED) is 0.671. The lowest BCUT2D eigenvalue weighted by Gasteiger charge is -2.08. The van der Waals surface area contributed by atoms with Crippen molar-refractivity contribution < 1.29 is 4.92 Å². The molecule has 2 aromatic rings. The van der Waals surface area contributed by atoms with E-state index in [0.717, 1.165) is 20.6 Å². The molecule has 2 rings (SSSR count). The van der Waals surface area contributed by atoms with E-state index < -0.39 is 0 Å². The van der Waals surface area contributed by atoms with Gasteiger partial charge in [0.2, 0.25) is 0 Å². The van der Waals surface area contributed by atoms with E-state index in [1.165, 1.54) is 17.4 Å². The van der Waals surface area contributed by atoms with Crippen molar-refractivity contribution in [3.8, 4) is 0 Å². The van der Waals surface area contributed by atoms with E-state index in [9.17, 15) is 10.1 Å². The Morgan fingerprint density at radius 1 is 1.39 bits per heavy atom. The molecule has 6 heteroatoms. The molecule has 0 radical (unpaired) electrons. The summed E-state index contributed by atoms with van der Waals surface area (Å²) in [7, 11) is 0. The summed E-state index contributed by atoms with van der Waals surface area (Å²) in [5.74, 6) is 0. The topological polar surface area (TPSA) is 55.2 Å². The van der Waals surface area contributed by atoms with Crippen LogP contribution in [0.25, 0.3) is 0 Å². The molecule has 1 aromatic carbocycles. The molecule has 0 saturated heterocycles. The molecular formula is C12H11BrN2O2S. The lowest BCUT2D eigenvalue weighted by molar-refractivity contribution is -0.380. The maximum absolute atomic E-state index is 10.6. The maximum Gasteiger partial charge on any atom is 0.324 e. The van der Waals surface area contributed by atoms with Crippen LogP contribution in [0, 0.1) is 17.0 Å². The predicted molar refractivity (Wildman–Crippen MR) is 77.2 cm³/mol. The number of nitrogens with zero attached hydrogens (tertiary/aromatic N) is 1. The van der Waals surface area contributed by atoms with Gasteiger partial charge in [0.15, 0.2) is 0 Å². The summed E-state index contributed by atoms with van der Waals surface area (Å²) < 4.78 is 1.04. The van der Waals surface area contributed by atoms with Crippen molar-refractivity contribution in [1.82, 2.24) is 0 Å². The van der Waals surface area contributed by atoms with E-state index in [2.05, 4.69) is 21.2 Å². The second kappa shape index (κ2) is 5.49. The summed E-state index contributed by atoms with van der Waals surface area (Å²) in [4.78, 5) is 11.2. The Hall–Kier alpha value is -1.40. The highest BCUT2D eigenvalue weighted by Crippen LogP contribution is 2.26. The van der Waals surface area contributed by atoms with Crippen molar-refractivity contribution in [3.05, 3.63) is 55.4 Å². The Balaban J connectivity index is 2.04. The van der Waals surface area contributed by atoms with Gasteiger partial charge >= 0.3 is 5.00 Å². The average molecular weight is 327 g/mol. The molecule has 0 unspecified atom stereocenters. The number of rotatable bonds is 4. The van der Waals surface area contributed by atoms with E-state index in [1.807, 2.05) is 25.1 Å². The fourth-order valence-corrected chi connectivity index (χ4v) is 2.80. The van der Waals surface area contributed by atoms with Gasteiger partial charge in [0.05, 0.1) is 4.92 Å². The Labute approximate surface area is 117 Å². The zero-order valence-electron chi connectivity index (χ0n) is 9.64. The van der Waals surface area contributed by atoms with Crippen LogP contribution in [-0.2, 0) is 6.54 Å². The molecule has 1 heterocycles. The normalized spacial score (nSPS) is 10.3. The highest BCUT2D eigenvalue weighted by Gasteiger charge is 2.09. The van der Waals surface area contributed by atoms with E-state index in [-0.39, 0.29) is 9.92 Å². The van der Waals surface area contributed by atoms with Crippen LogP contribution >= 0.6 is 27.3 Å². The number of anilines is 1. The number of thiophene rings is 1. The van der Waals surface area contributed by atoms with Gasteiger partial charge in [-0.15, -0.1) is 0 Å². The van der Waals surface area contributed by atoms with Gasteiger partial charge in [0, 0.05) is 27.6 Å². The van der Waals surface area contributed by atoms with Gasteiger partial charge in [-0.25, -0.2) is 0 Å². The third-order valence-corrected chi connectivity index (χ3v) is 4.00. The van der Waals surface area contributed by atoms with Crippen molar-refractivity contribution in [2.24, 2.45) is 0 Å². The van der Waals surface area contributed by atoms with Crippen LogP contribution in [0.4, 0.5) is 10.7 Å². The molecule has 18 heavy (non-hydrogen) atoms. The van der Waals surface area contributed by atoms with Gasteiger partial charge in [-0.2, -0.15) is 0 Å². The molecule has 1 N–H and O–H groups in total. The van der Waals surface area contributed by atoms with E-state index in [0.29, 0.717) is 6.54 Å².